The van der Waals surface area contributed by atoms with Crippen LogP contribution in [-0.2, 0) is 19.3 Å². The number of hydrogen-bond donors (Lipinski definition) is 0. The zero-order valence-corrected chi connectivity index (χ0v) is 10.3. The van der Waals surface area contributed by atoms with Gasteiger partial charge in [0.2, 0.25) is 0 Å². The Kier molecular flexibility index (Phi) is 5.59. The van der Waals surface area contributed by atoms with Gasteiger partial charge in [-0.05, 0) is 0 Å². The normalized spacial score (nSPS) is 10.3. The van der Waals surface area contributed by atoms with E-state index in [1.165, 1.54) is 48.9 Å². The van der Waals surface area contributed by atoms with Gasteiger partial charge in [-0.25, -0.2) is 0 Å². The first kappa shape index (κ1) is 12.4. The van der Waals surface area contributed by atoms with Gasteiger partial charge < -0.3 is 0 Å². The topological polar surface area (TPSA) is 12.9 Å². The predicted octanol–water partition coefficient (Wildman–Crippen LogP) is 3.28. The molecule has 0 fully saturated rings. The summed E-state index contributed by atoms with van der Waals surface area (Å²) >= 11 is 0. The van der Waals surface area contributed by atoms with Gasteiger partial charge in [-0.1, -0.05) is 0 Å². The first-order valence-electron chi connectivity index (χ1n) is 6.29. The third kappa shape index (κ3) is 3.44. The predicted molar refractivity (Wildman–Crippen MR) is 67.6 cm³/mol. The Bertz CT molecular complexity index is 272. The van der Waals surface area contributed by atoms with Crippen molar-refractivity contribution in [1.29, 1.82) is 0 Å². The van der Waals surface area contributed by atoms with E-state index in [1.807, 2.05) is 7.05 Å². The van der Waals surface area contributed by atoms with E-state index in [1.54, 1.807) is 0 Å². The van der Waals surface area contributed by atoms with Gasteiger partial charge >= 0.3 is 94.0 Å². The number of hydrogen-bond acceptors (Lipinski definition) is 1. The summed E-state index contributed by atoms with van der Waals surface area (Å²) < 4.78 is 0. The molecule has 0 aliphatic rings. The van der Waals surface area contributed by atoms with Crippen LogP contribution in [0, 0.1) is 0 Å². The van der Waals surface area contributed by atoms with Gasteiger partial charge in [0, 0.05) is 0 Å². The molecule has 0 atom stereocenters. The van der Waals surface area contributed by atoms with Crippen molar-refractivity contribution in [2.45, 2.75) is 59.3 Å². The Labute approximate surface area is 94.6 Å². The van der Waals surface area contributed by atoms with Crippen molar-refractivity contribution >= 4 is 7.05 Å². The van der Waals surface area contributed by atoms with Gasteiger partial charge in [-0.2, -0.15) is 0 Å². The molecule has 1 nitrogen and oxygen atoms in total. The molecule has 0 spiro atoms. The summed E-state index contributed by atoms with van der Waals surface area (Å²) in [6.07, 6.45) is 7.17. The summed E-state index contributed by atoms with van der Waals surface area (Å²) in [5.74, 6) is 2.20. The fourth-order valence-electron chi connectivity index (χ4n) is 2.09. The van der Waals surface area contributed by atoms with Crippen molar-refractivity contribution in [3.05, 3.63) is 22.8 Å². The molecule has 0 saturated carbocycles. The first-order chi connectivity index (χ1) is 7.33. The van der Waals surface area contributed by atoms with Crippen LogP contribution >= 0.6 is 0 Å². The molecule has 0 saturated heterocycles. The van der Waals surface area contributed by atoms with Crippen LogP contribution in [0.5, 0.6) is 0 Å². The quantitative estimate of drug-likeness (QED) is 0.691. The maximum atomic E-state index is 4.53. The fraction of sp³-hybridized carbons (Fsp3) is 0.692. The van der Waals surface area contributed by atoms with E-state index in [4.69, 9.17) is 0 Å². The molecular weight excluding hydrogens is 181 g/mol. The van der Waals surface area contributed by atoms with Crippen molar-refractivity contribution in [1.82, 2.24) is 4.89 Å². The standard InChI is InChI=1S/C13H22BN/c1-4-7-11-10-14-15-13(9-6-3)12(11)8-5-2/h10H,4-9H2,1-3H3. The van der Waals surface area contributed by atoms with Crippen molar-refractivity contribution in [2.75, 3.05) is 0 Å². The average Bonchev–Trinajstić information content (AvgIpc) is 2.23. The second-order valence-corrected chi connectivity index (χ2v) is 4.15. The zero-order chi connectivity index (χ0) is 11.1. The molecular formula is C13H22BN. The van der Waals surface area contributed by atoms with E-state index in [0.717, 1.165) is 6.42 Å². The van der Waals surface area contributed by atoms with E-state index in [-0.39, 0.29) is 0 Å². The molecule has 0 aromatic carbocycles. The summed E-state index contributed by atoms with van der Waals surface area (Å²) in [7, 11) is 1.98. The summed E-state index contributed by atoms with van der Waals surface area (Å²) in [6.45, 7) is 6.72. The second kappa shape index (κ2) is 6.76. The van der Waals surface area contributed by atoms with Crippen LogP contribution in [0.4, 0.5) is 0 Å². The molecule has 0 N–H and O–H groups in total. The molecule has 15 heavy (non-hydrogen) atoms. The summed E-state index contributed by atoms with van der Waals surface area (Å²) in [4.78, 5) is 4.53. The molecule has 0 radical (unpaired) electrons. The Hall–Kier alpha value is -0.655. The summed E-state index contributed by atoms with van der Waals surface area (Å²) in [5.41, 5.74) is 4.40. The van der Waals surface area contributed by atoms with E-state index >= 15 is 0 Å². The molecule has 1 aromatic heterocycles. The van der Waals surface area contributed by atoms with Gasteiger partial charge in [-0.3, -0.25) is 0 Å². The van der Waals surface area contributed by atoms with E-state index in [9.17, 15) is 0 Å². The average molecular weight is 203 g/mol. The van der Waals surface area contributed by atoms with Gasteiger partial charge in [0.15, 0.2) is 0 Å². The van der Waals surface area contributed by atoms with Crippen molar-refractivity contribution in [3.63, 3.8) is 0 Å². The molecule has 0 aliphatic carbocycles. The van der Waals surface area contributed by atoms with Gasteiger partial charge in [0.25, 0.3) is 0 Å². The van der Waals surface area contributed by atoms with Gasteiger partial charge in [0.05, 0.1) is 0 Å². The third-order valence-corrected chi connectivity index (χ3v) is 2.75. The molecule has 1 aromatic rings. The Morgan fingerprint density at radius 1 is 1.00 bits per heavy atom. The molecule has 82 valence electrons. The van der Waals surface area contributed by atoms with Crippen LogP contribution in [0.2, 0.25) is 0 Å². The molecule has 0 aliphatic heterocycles. The molecule has 2 heteroatoms. The Balaban J connectivity index is 2.97. The van der Waals surface area contributed by atoms with Gasteiger partial charge in [0.1, 0.15) is 0 Å². The Morgan fingerprint density at radius 2 is 1.67 bits per heavy atom. The van der Waals surface area contributed by atoms with Crippen molar-refractivity contribution in [2.24, 2.45) is 0 Å². The van der Waals surface area contributed by atoms with Crippen LogP contribution in [-0.4, -0.2) is 11.9 Å². The Morgan fingerprint density at radius 3 is 2.27 bits per heavy atom. The molecule has 1 rings (SSSR count). The minimum absolute atomic E-state index is 1.13. The monoisotopic (exact) mass is 203 g/mol. The van der Waals surface area contributed by atoms with Crippen LogP contribution in [0.15, 0.2) is 5.96 Å². The summed E-state index contributed by atoms with van der Waals surface area (Å²) in [5, 5.41) is 0. The number of aryl methyl sites for hydroxylation is 2. The molecule has 0 bridgehead atoms. The fourth-order valence-corrected chi connectivity index (χ4v) is 2.09. The first-order valence-corrected chi connectivity index (χ1v) is 6.29. The minimum atomic E-state index is 1.13. The van der Waals surface area contributed by atoms with Crippen molar-refractivity contribution < 1.29 is 0 Å². The van der Waals surface area contributed by atoms with Crippen LogP contribution in [0.3, 0.4) is 0 Å². The van der Waals surface area contributed by atoms with Crippen LogP contribution in [0.1, 0.15) is 56.9 Å². The second-order valence-electron chi connectivity index (χ2n) is 4.15. The van der Waals surface area contributed by atoms with E-state index < -0.39 is 0 Å². The maximum absolute atomic E-state index is 4.53. The number of rotatable bonds is 6. The molecule has 0 unspecified atom stereocenters. The van der Waals surface area contributed by atoms with Crippen LogP contribution in [0.25, 0.3) is 0 Å². The van der Waals surface area contributed by atoms with Crippen molar-refractivity contribution in [3.8, 4) is 0 Å². The van der Waals surface area contributed by atoms with E-state index in [0.29, 0.717) is 0 Å². The number of aromatic nitrogens is 1. The third-order valence-electron chi connectivity index (χ3n) is 2.75. The molecule has 1 heterocycles. The van der Waals surface area contributed by atoms with E-state index in [2.05, 4.69) is 31.6 Å². The summed E-state index contributed by atoms with van der Waals surface area (Å²) in [6, 6.07) is 0. The SMILES string of the molecule is CCCc1cbnc(CCC)c1CCC. The number of nitrogens with zero attached hydrogens (tertiary/aromatic N) is 1. The zero-order valence-electron chi connectivity index (χ0n) is 10.3. The molecule has 0 amide bonds. The van der Waals surface area contributed by atoms with Gasteiger partial charge in [-0.15, -0.1) is 0 Å². The van der Waals surface area contributed by atoms with Crippen LogP contribution < -0.4 is 0 Å².